The highest BCUT2D eigenvalue weighted by atomic mass is 32.2. The molecule has 2 heterocycles. The van der Waals surface area contributed by atoms with Gasteiger partial charge in [-0.05, 0) is 44.7 Å². The number of hydrogen-bond donors (Lipinski definition) is 1. The number of ketones is 1. The van der Waals surface area contributed by atoms with E-state index >= 15 is 0 Å². The van der Waals surface area contributed by atoms with E-state index in [1.807, 2.05) is 0 Å². The predicted octanol–water partition coefficient (Wildman–Crippen LogP) is 3.58. The number of Topliss-reactive ketones (excluding diaryl/α,β-unsaturated/α-hetero) is 1. The van der Waals surface area contributed by atoms with Crippen LogP contribution >= 0.6 is 11.8 Å². The number of nitrogens with one attached hydrogen (secondary N) is 1. The molecule has 2 aliphatic rings. The first-order valence-electron chi connectivity index (χ1n) is 10.6. The summed E-state index contributed by atoms with van der Waals surface area (Å²) in [5.74, 6) is -0.0799. The van der Waals surface area contributed by atoms with Crippen LogP contribution in [0.5, 0.6) is 5.75 Å². The molecule has 5 rings (SSSR count). The summed E-state index contributed by atoms with van der Waals surface area (Å²) < 4.78 is 31.6. The van der Waals surface area contributed by atoms with Gasteiger partial charge in [0.2, 0.25) is 0 Å². The predicted molar refractivity (Wildman–Crippen MR) is 118 cm³/mol. The lowest BCUT2D eigenvalue weighted by molar-refractivity contribution is -0.0501. The topological polar surface area (TPSA) is 107 Å². The van der Waals surface area contributed by atoms with Gasteiger partial charge in [-0.1, -0.05) is 23.4 Å². The molecule has 0 bridgehead atoms. The van der Waals surface area contributed by atoms with E-state index in [0.717, 1.165) is 43.0 Å². The molecule has 2 fully saturated rings. The van der Waals surface area contributed by atoms with E-state index in [1.54, 1.807) is 13.0 Å². The average Bonchev–Trinajstić information content (AvgIpc) is 3.66. The van der Waals surface area contributed by atoms with E-state index in [2.05, 4.69) is 19.7 Å². The van der Waals surface area contributed by atoms with Gasteiger partial charge in [0.05, 0.1) is 11.3 Å². The molecule has 1 N–H and O–H groups in total. The number of rotatable bonds is 8. The number of carbonyl (C=O) groups excluding carboxylic acids is 1. The summed E-state index contributed by atoms with van der Waals surface area (Å²) in [6.45, 7) is -1.32. The van der Waals surface area contributed by atoms with Gasteiger partial charge in [0.1, 0.15) is 22.0 Å². The fourth-order valence-corrected chi connectivity index (χ4v) is 4.62. The number of thioether (sulfide) groups is 1. The number of H-pyrrole nitrogens is 1. The summed E-state index contributed by atoms with van der Waals surface area (Å²) in [4.78, 5) is 49.5. The van der Waals surface area contributed by atoms with Crippen LogP contribution in [0.15, 0.2) is 32.8 Å². The maximum Gasteiger partial charge on any atom is 0.387 e. The van der Waals surface area contributed by atoms with Crippen LogP contribution in [0, 0.1) is 6.92 Å². The van der Waals surface area contributed by atoms with Gasteiger partial charge in [-0.25, -0.2) is 14.8 Å². The van der Waals surface area contributed by atoms with Gasteiger partial charge in [0.15, 0.2) is 11.4 Å². The summed E-state index contributed by atoms with van der Waals surface area (Å²) in [5, 5.41) is 0.465. The fourth-order valence-electron chi connectivity index (χ4n) is 3.71. The molecule has 2 aromatic heterocycles. The van der Waals surface area contributed by atoms with E-state index in [0.29, 0.717) is 10.9 Å². The third-order valence-corrected chi connectivity index (χ3v) is 6.59. The largest absolute Gasteiger partial charge is 0.434 e. The minimum absolute atomic E-state index is 0.0142. The lowest BCUT2D eigenvalue weighted by Gasteiger charge is -2.13. The van der Waals surface area contributed by atoms with Gasteiger partial charge in [-0.15, -0.1) is 0 Å². The Balaban J connectivity index is 1.53. The fraction of sp³-hybridized carbons (Fsp3) is 0.409. The Kier molecular flexibility index (Phi) is 5.51. The molecule has 0 spiro atoms. The van der Waals surface area contributed by atoms with Crippen LogP contribution in [0.25, 0.3) is 11.0 Å². The quantitative estimate of drug-likeness (QED) is 0.302. The zero-order valence-electron chi connectivity index (χ0n) is 17.6. The van der Waals surface area contributed by atoms with Crippen LogP contribution < -0.4 is 16.0 Å². The second-order valence-corrected chi connectivity index (χ2v) is 9.27. The molecule has 0 saturated heterocycles. The van der Waals surface area contributed by atoms with Crippen LogP contribution in [-0.2, 0) is 0 Å². The van der Waals surface area contributed by atoms with Crippen molar-refractivity contribution in [1.82, 2.24) is 19.5 Å². The first-order chi connectivity index (χ1) is 15.8. The third-order valence-electron chi connectivity index (χ3n) is 5.61. The van der Waals surface area contributed by atoms with Crippen LogP contribution in [-0.4, -0.2) is 37.7 Å². The van der Waals surface area contributed by atoms with Gasteiger partial charge >= 0.3 is 12.3 Å². The Bertz CT molecular complexity index is 1380. The van der Waals surface area contributed by atoms with E-state index < -0.39 is 23.6 Å². The minimum Gasteiger partial charge on any atom is -0.434 e. The molecular formula is C22H20F2N4O4S. The second-order valence-electron chi connectivity index (χ2n) is 8.31. The maximum atomic E-state index is 12.9. The molecule has 172 valence electrons. The first kappa shape index (κ1) is 21.7. The number of benzene rings is 1. The number of nitrogens with zero attached hydrogens (tertiary/aromatic N) is 3. The lowest BCUT2D eigenvalue weighted by atomic mass is 10.1. The van der Waals surface area contributed by atoms with Crippen LogP contribution in [0.2, 0.25) is 0 Å². The van der Waals surface area contributed by atoms with Crippen molar-refractivity contribution in [3.63, 3.8) is 0 Å². The monoisotopic (exact) mass is 474 g/mol. The Morgan fingerprint density at radius 3 is 2.67 bits per heavy atom. The molecule has 3 aromatic rings. The second kappa shape index (κ2) is 8.36. The van der Waals surface area contributed by atoms with Crippen molar-refractivity contribution in [2.75, 3.05) is 5.75 Å². The molecule has 1 aromatic carbocycles. The number of fused-ring (bicyclic) bond motifs is 1. The van der Waals surface area contributed by atoms with Gasteiger partial charge in [0.25, 0.3) is 5.56 Å². The SMILES string of the molecule is Cc1ccc(OC(F)F)c(C(=O)CSc2nc(C3CC3)nc3c2c(=O)[nH]c(=O)n3C2CC2)c1. The summed E-state index contributed by atoms with van der Waals surface area (Å²) in [5.41, 5.74) is -0.0707. The molecule has 0 unspecified atom stereocenters. The number of alkyl halides is 2. The van der Waals surface area contributed by atoms with Gasteiger partial charge in [0, 0.05) is 12.0 Å². The highest BCUT2D eigenvalue weighted by Crippen LogP contribution is 2.41. The molecule has 11 heteroatoms. The van der Waals surface area contributed by atoms with Crippen molar-refractivity contribution in [2.45, 2.75) is 56.2 Å². The summed E-state index contributed by atoms with van der Waals surface area (Å²) >= 11 is 1.03. The van der Waals surface area contributed by atoms with Gasteiger partial charge < -0.3 is 4.74 Å². The van der Waals surface area contributed by atoms with E-state index in [-0.39, 0.29) is 40.1 Å². The smallest absolute Gasteiger partial charge is 0.387 e. The lowest BCUT2D eigenvalue weighted by Crippen LogP contribution is -2.31. The Morgan fingerprint density at radius 1 is 1.24 bits per heavy atom. The number of hydrogen-bond acceptors (Lipinski definition) is 7. The van der Waals surface area contributed by atoms with Crippen LogP contribution in [0.1, 0.15) is 59.4 Å². The van der Waals surface area contributed by atoms with Crippen molar-refractivity contribution in [3.8, 4) is 5.75 Å². The van der Waals surface area contributed by atoms with Gasteiger partial charge in [-0.3, -0.25) is 19.1 Å². The number of aryl methyl sites for hydroxylation is 1. The van der Waals surface area contributed by atoms with E-state index in [4.69, 9.17) is 0 Å². The molecule has 2 aliphatic carbocycles. The molecule has 2 saturated carbocycles. The molecule has 0 atom stereocenters. The van der Waals surface area contributed by atoms with Crippen molar-refractivity contribution in [1.29, 1.82) is 0 Å². The molecule has 33 heavy (non-hydrogen) atoms. The van der Waals surface area contributed by atoms with Gasteiger partial charge in [-0.2, -0.15) is 8.78 Å². The highest BCUT2D eigenvalue weighted by molar-refractivity contribution is 8.00. The van der Waals surface area contributed by atoms with Crippen LogP contribution in [0.3, 0.4) is 0 Å². The Labute approximate surface area is 190 Å². The van der Waals surface area contributed by atoms with Crippen molar-refractivity contribution >= 4 is 28.6 Å². The van der Waals surface area contributed by atoms with Crippen molar-refractivity contribution < 1.29 is 18.3 Å². The van der Waals surface area contributed by atoms with Crippen molar-refractivity contribution in [3.05, 3.63) is 56.0 Å². The zero-order chi connectivity index (χ0) is 23.3. The van der Waals surface area contributed by atoms with Crippen molar-refractivity contribution in [2.24, 2.45) is 0 Å². The summed E-state index contributed by atoms with van der Waals surface area (Å²) in [6.07, 6.45) is 3.49. The number of carbonyl (C=O) groups is 1. The molecule has 8 nitrogen and oxygen atoms in total. The number of halogens is 2. The summed E-state index contributed by atoms with van der Waals surface area (Å²) in [6, 6.07) is 4.40. The highest BCUT2D eigenvalue weighted by Gasteiger charge is 2.32. The van der Waals surface area contributed by atoms with E-state index in [9.17, 15) is 23.2 Å². The first-order valence-corrected chi connectivity index (χ1v) is 11.6. The molecule has 0 aliphatic heterocycles. The normalized spacial score (nSPS) is 15.9. The maximum absolute atomic E-state index is 12.9. The molecule has 0 radical (unpaired) electrons. The summed E-state index contributed by atoms with van der Waals surface area (Å²) in [7, 11) is 0. The van der Waals surface area contributed by atoms with E-state index in [1.165, 1.54) is 16.7 Å². The van der Waals surface area contributed by atoms with Crippen LogP contribution in [0.4, 0.5) is 8.78 Å². The number of ether oxygens (including phenoxy) is 1. The zero-order valence-corrected chi connectivity index (χ0v) is 18.5. The minimum atomic E-state index is -3.06. The Hall–Kier alpha value is -3.08. The third kappa shape index (κ3) is 4.41. The Morgan fingerprint density at radius 2 is 2.00 bits per heavy atom. The molecular weight excluding hydrogens is 454 g/mol. The average molecular weight is 474 g/mol. The number of aromatic amines is 1. The molecule has 0 amide bonds. The number of aromatic nitrogens is 4. The standard InChI is InChI=1S/C22H20F2N4O4S/c1-10-2-7-15(32-21(23)24)13(8-10)14(29)9-33-20-16-18(25-17(26-20)11-3-4-11)28(12-5-6-12)22(31)27-19(16)30/h2,7-8,11-12,21H,3-6,9H2,1H3,(H,27,30,31).